The largest absolute Gasteiger partial charge is 0.369 e. The molecule has 1 unspecified atom stereocenters. The highest BCUT2D eigenvalue weighted by Gasteiger charge is 2.17. The van der Waals surface area contributed by atoms with E-state index in [1.165, 1.54) is 51.4 Å². The van der Waals surface area contributed by atoms with Gasteiger partial charge in [-0.15, -0.1) is 0 Å². The average Bonchev–Trinajstić information content (AvgIpc) is 2.97. The van der Waals surface area contributed by atoms with Gasteiger partial charge in [0.1, 0.15) is 0 Å². The fraction of sp³-hybridized carbons (Fsp3) is 0.722. The topological polar surface area (TPSA) is 89.6 Å². The van der Waals surface area contributed by atoms with Crippen LogP contribution in [0.1, 0.15) is 84.1 Å². The summed E-state index contributed by atoms with van der Waals surface area (Å²) in [5.74, 6) is 0.157. The maximum atomic E-state index is 12.0. The first-order chi connectivity index (χ1) is 11.7. The maximum absolute atomic E-state index is 12.0. The summed E-state index contributed by atoms with van der Waals surface area (Å²) in [6, 6.07) is 0.344. The molecule has 0 bridgehead atoms. The van der Waals surface area contributed by atoms with Gasteiger partial charge in [-0.1, -0.05) is 65.2 Å². The van der Waals surface area contributed by atoms with Crippen molar-refractivity contribution in [2.24, 2.45) is 0 Å². The summed E-state index contributed by atoms with van der Waals surface area (Å²) < 4.78 is 2.07. The van der Waals surface area contributed by atoms with Gasteiger partial charge in [-0.2, -0.15) is 4.98 Å². The van der Waals surface area contributed by atoms with Gasteiger partial charge in [0.2, 0.25) is 5.95 Å². The molecule has 0 aromatic carbocycles. The zero-order valence-corrected chi connectivity index (χ0v) is 15.1. The highest BCUT2D eigenvalue weighted by atomic mass is 16.1. The van der Waals surface area contributed by atoms with Crippen molar-refractivity contribution in [3.63, 3.8) is 0 Å². The summed E-state index contributed by atoms with van der Waals surface area (Å²) in [6.07, 6.45) is 13.9. The highest BCUT2D eigenvalue weighted by molar-refractivity contribution is 5.70. The quantitative estimate of drug-likeness (QED) is 0.603. The van der Waals surface area contributed by atoms with Gasteiger partial charge < -0.3 is 10.3 Å². The molecule has 2 rings (SSSR count). The third-order valence-electron chi connectivity index (χ3n) is 4.63. The van der Waals surface area contributed by atoms with E-state index in [2.05, 4.69) is 33.4 Å². The van der Waals surface area contributed by atoms with E-state index >= 15 is 0 Å². The minimum atomic E-state index is -0.258. The second-order valence-corrected chi connectivity index (χ2v) is 6.63. The first kappa shape index (κ1) is 18.5. The van der Waals surface area contributed by atoms with Gasteiger partial charge in [-0.3, -0.25) is 9.78 Å². The lowest BCUT2D eigenvalue weighted by Crippen LogP contribution is -2.14. The molecule has 0 saturated heterocycles. The van der Waals surface area contributed by atoms with Crippen LogP contribution >= 0.6 is 0 Å². The molecule has 2 heterocycles. The number of nitrogens with zero attached hydrogens (tertiary/aromatic N) is 3. The smallest absolute Gasteiger partial charge is 0.280 e. The Bertz CT molecular complexity index is 676. The molecule has 0 aliphatic heterocycles. The van der Waals surface area contributed by atoms with E-state index in [1.54, 1.807) is 6.33 Å². The van der Waals surface area contributed by atoms with E-state index in [4.69, 9.17) is 5.73 Å². The molecule has 3 N–H and O–H groups in total. The summed E-state index contributed by atoms with van der Waals surface area (Å²) in [6.45, 7) is 4.45. The van der Waals surface area contributed by atoms with Gasteiger partial charge in [-0.05, 0) is 12.8 Å². The summed E-state index contributed by atoms with van der Waals surface area (Å²) >= 11 is 0. The van der Waals surface area contributed by atoms with Crippen LogP contribution in [0, 0.1) is 0 Å². The van der Waals surface area contributed by atoms with Crippen molar-refractivity contribution in [1.29, 1.82) is 0 Å². The zero-order valence-electron chi connectivity index (χ0n) is 15.1. The molecule has 0 saturated carbocycles. The summed E-state index contributed by atoms with van der Waals surface area (Å²) in [5, 5.41) is 0. The molecule has 6 heteroatoms. The van der Waals surface area contributed by atoms with Gasteiger partial charge in [0.05, 0.1) is 6.33 Å². The Kier molecular flexibility index (Phi) is 7.28. The van der Waals surface area contributed by atoms with Crippen molar-refractivity contribution < 1.29 is 0 Å². The number of anilines is 1. The molecule has 2 aromatic rings. The highest BCUT2D eigenvalue weighted by Crippen LogP contribution is 2.25. The number of imidazole rings is 1. The van der Waals surface area contributed by atoms with Crippen LogP contribution in [0.2, 0.25) is 0 Å². The number of rotatable bonds is 11. The molecular weight excluding hydrogens is 302 g/mol. The van der Waals surface area contributed by atoms with Crippen LogP contribution in [0.4, 0.5) is 5.95 Å². The minimum absolute atomic E-state index is 0.157. The molecule has 24 heavy (non-hydrogen) atoms. The van der Waals surface area contributed by atoms with Crippen molar-refractivity contribution >= 4 is 17.1 Å². The van der Waals surface area contributed by atoms with Crippen molar-refractivity contribution in [2.75, 3.05) is 5.73 Å². The molecule has 0 aliphatic carbocycles. The fourth-order valence-corrected chi connectivity index (χ4v) is 3.25. The van der Waals surface area contributed by atoms with Crippen LogP contribution in [0.5, 0.6) is 0 Å². The summed E-state index contributed by atoms with van der Waals surface area (Å²) in [7, 11) is 0. The number of unbranched alkanes of at least 4 members (excludes halogenated alkanes) is 6. The number of hydrogen-bond acceptors (Lipinski definition) is 4. The number of aromatic amines is 1. The fourth-order valence-electron chi connectivity index (χ4n) is 3.25. The van der Waals surface area contributed by atoms with Crippen molar-refractivity contribution in [2.45, 2.75) is 84.1 Å². The van der Waals surface area contributed by atoms with E-state index in [0.29, 0.717) is 17.2 Å². The number of aromatic nitrogens is 4. The van der Waals surface area contributed by atoms with Crippen LogP contribution < -0.4 is 11.3 Å². The Morgan fingerprint density at radius 3 is 2.42 bits per heavy atom. The first-order valence-electron chi connectivity index (χ1n) is 9.39. The van der Waals surface area contributed by atoms with Crippen LogP contribution in [0.25, 0.3) is 11.2 Å². The number of nitrogens with two attached hydrogens (primary N) is 1. The Hall–Kier alpha value is -1.85. The lowest BCUT2D eigenvalue weighted by atomic mass is 10.0. The Morgan fingerprint density at radius 1 is 1.08 bits per heavy atom. The first-order valence-corrected chi connectivity index (χ1v) is 9.39. The maximum Gasteiger partial charge on any atom is 0.280 e. The molecule has 0 amide bonds. The van der Waals surface area contributed by atoms with Crippen LogP contribution in [-0.2, 0) is 0 Å². The van der Waals surface area contributed by atoms with Gasteiger partial charge in [0, 0.05) is 6.04 Å². The monoisotopic (exact) mass is 333 g/mol. The van der Waals surface area contributed by atoms with Gasteiger partial charge >= 0.3 is 0 Å². The van der Waals surface area contributed by atoms with Gasteiger partial charge in [0.25, 0.3) is 5.56 Å². The molecule has 0 fully saturated rings. The van der Waals surface area contributed by atoms with E-state index < -0.39 is 0 Å². The molecule has 1 atom stereocenters. The standard InChI is InChI=1S/C18H31N5O/c1-3-5-7-8-10-12-14(11-9-6-4-2)23-13-20-15-16(23)21-18(19)22-17(15)24/h13-14H,3-12H2,1-2H3,(H3,19,21,22,24). The van der Waals surface area contributed by atoms with E-state index in [1.807, 2.05) is 0 Å². The number of hydrogen-bond donors (Lipinski definition) is 2. The number of nitrogens with one attached hydrogen (secondary N) is 1. The molecular formula is C18H31N5O. The number of H-pyrrole nitrogens is 1. The Balaban J connectivity index is 2.14. The molecule has 6 nitrogen and oxygen atoms in total. The van der Waals surface area contributed by atoms with Crippen molar-refractivity contribution in [3.05, 3.63) is 16.7 Å². The van der Waals surface area contributed by atoms with E-state index in [-0.39, 0.29) is 11.5 Å². The second kappa shape index (κ2) is 9.45. The lowest BCUT2D eigenvalue weighted by Gasteiger charge is -2.19. The van der Waals surface area contributed by atoms with Gasteiger partial charge in [0.15, 0.2) is 11.2 Å². The Morgan fingerprint density at radius 2 is 1.71 bits per heavy atom. The second-order valence-electron chi connectivity index (χ2n) is 6.63. The number of nitrogen functional groups attached to an aromatic ring is 1. The van der Waals surface area contributed by atoms with Crippen LogP contribution in [0.3, 0.4) is 0 Å². The third kappa shape index (κ3) is 4.82. The molecule has 0 spiro atoms. The molecule has 0 radical (unpaired) electrons. The normalized spacial score (nSPS) is 12.8. The molecule has 0 aliphatic rings. The van der Waals surface area contributed by atoms with Crippen molar-refractivity contribution in [3.8, 4) is 0 Å². The van der Waals surface area contributed by atoms with Crippen LogP contribution in [0.15, 0.2) is 11.1 Å². The van der Waals surface area contributed by atoms with Crippen LogP contribution in [-0.4, -0.2) is 19.5 Å². The Labute approximate surface area is 143 Å². The average molecular weight is 333 g/mol. The van der Waals surface area contributed by atoms with E-state index in [0.717, 1.165) is 12.8 Å². The third-order valence-corrected chi connectivity index (χ3v) is 4.63. The summed E-state index contributed by atoms with van der Waals surface area (Å²) in [5.41, 5.74) is 6.47. The number of fused-ring (bicyclic) bond motifs is 1. The molecule has 2 aromatic heterocycles. The zero-order chi connectivity index (χ0) is 17.4. The predicted octanol–water partition coefficient (Wildman–Crippen LogP) is 4.18. The van der Waals surface area contributed by atoms with E-state index in [9.17, 15) is 4.79 Å². The van der Waals surface area contributed by atoms with Crippen molar-refractivity contribution in [1.82, 2.24) is 19.5 Å². The predicted molar refractivity (Wildman–Crippen MR) is 99.1 cm³/mol. The SMILES string of the molecule is CCCCCCCC(CCCCC)n1cnc2c(=O)[nH]c(N)nc21. The minimum Gasteiger partial charge on any atom is -0.369 e. The van der Waals surface area contributed by atoms with Gasteiger partial charge in [-0.25, -0.2) is 4.98 Å². The molecule has 134 valence electrons. The lowest BCUT2D eigenvalue weighted by molar-refractivity contribution is 0.403. The summed E-state index contributed by atoms with van der Waals surface area (Å²) in [4.78, 5) is 23.1.